The number of carbonyl (C=O) groups excluding carboxylic acids is 1. The number of nitrogens with zero attached hydrogens (tertiary/aromatic N) is 6. The molecule has 5 aromatic rings. The molecule has 11 heteroatoms. The third-order valence-corrected chi connectivity index (χ3v) is 9.24. The van der Waals surface area contributed by atoms with Crippen molar-refractivity contribution in [1.82, 2.24) is 29.3 Å². The van der Waals surface area contributed by atoms with E-state index in [1.807, 2.05) is 42.1 Å². The number of halogens is 1. The number of carbonyl (C=O) groups is 1. The number of aromatic nitrogens is 6. The molecular formula is C29H31ClN6O3Si. The molecule has 0 saturated heterocycles. The highest BCUT2D eigenvalue weighted by atomic mass is 35.5. The van der Waals surface area contributed by atoms with Crippen LogP contribution in [0.3, 0.4) is 0 Å². The first kappa shape index (κ1) is 26.6. The van der Waals surface area contributed by atoms with Crippen LogP contribution >= 0.6 is 11.6 Å². The fourth-order valence-corrected chi connectivity index (χ4v) is 5.68. The minimum absolute atomic E-state index is 0.118. The van der Waals surface area contributed by atoms with Gasteiger partial charge in [-0.1, -0.05) is 31.2 Å². The fraction of sp³-hybridized carbons (Fsp3) is 0.345. The second-order valence-corrected chi connectivity index (χ2v) is 17.5. The number of hydrogen-bond acceptors (Lipinski definition) is 7. The van der Waals surface area contributed by atoms with Crippen LogP contribution in [0.15, 0.2) is 48.9 Å². The standard InChI is InChI=1S/C29H31ClN6O3Si/c1-18-33-23-6-5-22(13-26(23)35(18)17-38-9-10-40(2,3)4)39-27-8-7-24-29(28(27)30)34-25(15-31-24)19-14-32-36(16-19)20-11-21(37)12-20/h5-8,13-16,20H,9-12,17H2,1-4H3. The van der Waals surface area contributed by atoms with Crippen LogP contribution in [0.25, 0.3) is 33.3 Å². The summed E-state index contributed by atoms with van der Waals surface area (Å²) in [4.78, 5) is 25.4. The van der Waals surface area contributed by atoms with E-state index in [0.717, 1.165) is 35.1 Å². The minimum atomic E-state index is -1.16. The highest BCUT2D eigenvalue weighted by Crippen LogP contribution is 2.36. The first-order chi connectivity index (χ1) is 19.1. The van der Waals surface area contributed by atoms with E-state index in [-0.39, 0.29) is 11.8 Å². The summed E-state index contributed by atoms with van der Waals surface area (Å²) in [6, 6.07) is 10.7. The molecule has 6 rings (SSSR count). The number of rotatable bonds is 9. The number of Topliss-reactive ketones (excluding diaryl/α,β-unsaturated/α-hetero) is 1. The predicted octanol–water partition coefficient (Wildman–Crippen LogP) is 6.81. The van der Waals surface area contributed by atoms with Crippen LogP contribution in [0.1, 0.15) is 24.7 Å². The molecule has 40 heavy (non-hydrogen) atoms. The van der Waals surface area contributed by atoms with Crippen molar-refractivity contribution in [2.75, 3.05) is 6.61 Å². The molecule has 0 N–H and O–H groups in total. The molecule has 3 aromatic heterocycles. The Bertz CT molecular complexity index is 1730. The Labute approximate surface area is 238 Å². The first-order valence-electron chi connectivity index (χ1n) is 13.4. The van der Waals surface area contributed by atoms with Gasteiger partial charge in [0.1, 0.15) is 40.4 Å². The fourth-order valence-electron chi connectivity index (χ4n) is 4.68. The predicted molar refractivity (Wildman–Crippen MR) is 158 cm³/mol. The molecule has 0 radical (unpaired) electrons. The summed E-state index contributed by atoms with van der Waals surface area (Å²) in [5.41, 5.74) is 4.49. The zero-order valence-corrected chi connectivity index (χ0v) is 24.8. The molecule has 0 aliphatic heterocycles. The Morgan fingerprint density at radius 1 is 1.07 bits per heavy atom. The van der Waals surface area contributed by atoms with E-state index in [9.17, 15) is 4.79 Å². The van der Waals surface area contributed by atoms with Gasteiger partial charge in [0.25, 0.3) is 0 Å². The lowest BCUT2D eigenvalue weighted by Gasteiger charge is -2.24. The van der Waals surface area contributed by atoms with Gasteiger partial charge in [-0.25, -0.2) is 9.97 Å². The van der Waals surface area contributed by atoms with Crippen LogP contribution in [-0.2, 0) is 16.3 Å². The van der Waals surface area contributed by atoms with Crippen molar-refractivity contribution in [1.29, 1.82) is 0 Å². The lowest BCUT2D eigenvalue weighted by molar-refractivity contribution is -0.126. The summed E-state index contributed by atoms with van der Waals surface area (Å²) in [6.45, 7) is 10.2. The monoisotopic (exact) mass is 574 g/mol. The first-order valence-corrected chi connectivity index (χ1v) is 17.5. The maximum atomic E-state index is 11.4. The number of imidazole rings is 1. The van der Waals surface area contributed by atoms with Gasteiger partial charge < -0.3 is 14.0 Å². The zero-order chi connectivity index (χ0) is 28.0. The number of fused-ring (bicyclic) bond motifs is 2. The lowest BCUT2D eigenvalue weighted by atomic mass is 9.92. The third-order valence-electron chi connectivity index (χ3n) is 7.17. The van der Waals surface area contributed by atoms with Crippen molar-refractivity contribution >= 4 is 47.5 Å². The Morgan fingerprint density at radius 2 is 1.88 bits per heavy atom. The van der Waals surface area contributed by atoms with Crippen molar-refractivity contribution in [2.24, 2.45) is 0 Å². The lowest BCUT2D eigenvalue weighted by Crippen LogP contribution is -2.26. The van der Waals surface area contributed by atoms with E-state index in [1.54, 1.807) is 18.5 Å². The van der Waals surface area contributed by atoms with E-state index >= 15 is 0 Å². The van der Waals surface area contributed by atoms with Gasteiger partial charge in [-0.2, -0.15) is 5.10 Å². The van der Waals surface area contributed by atoms with Crippen molar-refractivity contribution < 1.29 is 14.3 Å². The van der Waals surface area contributed by atoms with E-state index in [4.69, 9.17) is 26.1 Å². The normalized spacial score (nSPS) is 14.3. The molecule has 9 nitrogen and oxygen atoms in total. The Morgan fingerprint density at radius 3 is 2.65 bits per heavy atom. The van der Waals surface area contributed by atoms with Crippen LogP contribution in [-0.4, -0.2) is 49.8 Å². The molecule has 1 aliphatic carbocycles. The summed E-state index contributed by atoms with van der Waals surface area (Å²) in [7, 11) is -1.16. The van der Waals surface area contributed by atoms with Crippen molar-refractivity contribution in [3.63, 3.8) is 0 Å². The molecule has 1 fully saturated rings. The number of hydrogen-bond donors (Lipinski definition) is 0. The Kier molecular flexibility index (Phi) is 6.93. The van der Waals surface area contributed by atoms with Crippen LogP contribution in [0, 0.1) is 6.92 Å². The Balaban J connectivity index is 1.24. The van der Waals surface area contributed by atoms with Crippen LogP contribution in [0.2, 0.25) is 30.7 Å². The molecule has 0 atom stereocenters. The van der Waals surface area contributed by atoms with E-state index in [1.165, 1.54) is 0 Å². The van der Waals surface area contributed by atoms with Crippen molar-refractivity contribution in [3.05, 3.63) is 59.8 Å². The quantitative estimate of drug-likeness (QED) is 0.141. The molecule has 1 aliphatic rings. The van der Waals surface area contributed by atoms with Crippen LogP contribution in [0.4, 0.5) is 0 Å². The molecule has 0 amide bonds. The SMILES string of the molecule is Cc1nc2ccc(Oc3ccc4ncc(-c5cnn(C6CC(=O)C6)c5)nc4c3Cl)cc2n1COCC[Si](C)(C)C. The average Bonchev–Trinajstić information content (AvgIpc) is 3.50. The molecular weight excluding hydrogens is 544 g/mol. The second kappa shape index (κ2) is 10.4. The summed E-state index contributed by atoms with van der Waals surface area (Å²) in [6.07, 6.45) is 6.39. The van der Waals surface area contributed by atoms with E-state index in [0.29, 0.717) is 52.8 Å². The molecule has 0 spiro atoms. The zero-order valence-electron chi connectivity index (χ0n) is 23.0. The van der Waals surface area contributed by atoms with Crippen molar-refractivity contribution in [3.8, 4) is 22.8 Å². The van der Waals surface area contributed by atoms with E-state index in [2.05, 4.69) is 39.3 Å². The van der Waals surface area contributed by atoms with Gasteiger partial charge in [0.15, 0.2) is 0 Å². The number of benzene rings is 2. The van der Waals surface area contributed by atoms with Gasteiger partial charge in [0, 0.05) is 45.3 Å². The summed E-state index contributed by atoms with van der Waals surface area (Å²) < 4.78 is 16.1. The van der Waals surface area contributed by atoms with Crippen LogP contribution in [0.5, 0.6) is 11.5 Å². The van der Waals surface area contributed by atoms with Gasteiger partial charge in [-0.15, -0.1) is 0 Å². The van der Waals surface area contributed by atoms with Crippen LogP contribution < -0.4 is 4.74 Å². The molecule has 206 valence electrons. The molecule has 0 bridgehead atoms. The summed E-state index contributed by atoms with van der Waals surface area (Å²) in [5.74, 6) is 2.27. The average molecular weight is 575 g/mol. The molecule has 0 unspecified atom stereocenters. The Hall–Kier alpha value is -3.60. The van der Waals surface area contributed by atoms with E-state index < -0.39 is 8.07 Å². The third kappa shape index (κ3) is 5.39. The van der Waals surface area contributed by atoms with Crippen molar-refractivity contribution in [2.45, 2.75) is 58.2 Å². The number of ether oxygens (including phenoxy) is 2. The topological polar surface area (TPSA) is 97.0 Å². The number of aryl methyl sites for hydroxylation is 1. The maximum Gasteiger partial charge on any atom is 0.148 e. The highest BCUT2D eigenvalue weighted by molar-refractivity contribution is 6.76. The van der Waals surface area contributed by atoms with Gasteiger partial charge in [-0.05, 0) is 37.2 Å². The second-order valence-electron chi connectivity index (χ2n) is 11.5. The largest absolute Gasteiger partial charge is 0.456 e. The smallest absolute Gasteiger partial charge is 0.148 e. The molecule has 1 saturated carbocycles. The van der Waals surface area contributed by atoms with Gasteiger partial charge >= 0.3 is 0 Å². The minimum Gasteiger partial charge on any atom is -0.456 e. The van der Waals surface area contributed by atoms with Gasteiger partial charge in [0.2, 0.25) is 0 Å². The highest BCUT2D eigenvalue weighted by Gasteiger charge is 2.28. The summed E-state index contributed by atoms with van der Waals surface area (Å²) in [5, 5.41) is 4.80. The summed E-state index contributed by atoms with van der Waals surface area (Å²) >= 11 is 6.81. The van der Waals surface area contributed by atoms with Gasteiger partial charge in [0.05, 0.1) is 40.7 Å². The van der Waals surface area contributed by atoms with Gasteiger partial charge in [-0.3, -0.25) is 14.5 Å². The molecule has 3 heterocycles. The maximum absolute atomic E-state index is 11.4. The molecule has 2 aromatic carbocycles. The number of ketones is 1.